The van der Waals surface area contributed by atoms with E-state index in [-0.39, 0.29) is 11.7 Å². The van der Waals surface area contributed by atoms with Gasteiger partial charge in [0, 0.05) is 13.7 Å². The van der Waals surface area contributed by atoms with Gasteiger partial charge in [-0.05, 0) is 18.4 Å². The van der Waals surface area contributed by atoms with Crippen LogP contribution in [0.4, 0.5) is 4.79 Å². The van der Waals surface area contributed by atoms with Crippen LogP contribution in [0.2, 0.25) is 0 Å². The Morgan fingerprint density at radius 2 is 2.06 bits per heavy atom. The lowest BCUT2D eigenvalue weighted by Gasteiger charge is -2.15. The maximum Gasteiger partial charge on any atom is 0.408 e. The molecule has 0 spiro atoms. The summed E-state index contributed by atoms with van der Waals surface area (Å²) in [5.74, 6) is 0. The van der Waals surface area contributed by atoms with Crippen molar-refractivity contribution in [1.29, 1.82) is 0 Å². The highest BCUT2D eigenvalue weighted by atomic mass is 16.6. The highest BCUT2D eigenvalue weighted by Crippen LogP contribution is 2.39. The molecule has 0 radical (unpaired) electrons. The number of alkyl carbamates (subject to hydrolysis) is 1. The van der Waals surface area contributed by atoms with Gasteiger partial charge in [-0.3, -0.25) is 0 Å². The van der Waals surface area contributed by atoms with Crippen molar-refractivity contribution < 1.29 is 14.3 Å². The summed E-state index contributed by atoms with van der Waals surface area (Å²) >= 11 is 0. The lowest BCUT2D eigenvalue weighted by Crippen LogP contribution is -2.32. The van der Waals surface area contributed by atoms with E-state index in [4.69, 9.17) is 9.47 Å². The molecule has 0 unspecified atom stereocenters. The van der Waals surface area contributed by atoms with E-state index >= 15 is 0 Å². The number of rotatable bonds is 5. The van der Waals surface area contributed by atoms with Crippen molar-refractivity contribution in [2.45, 2.75) is 25.0 Å². The number of hydrogen-bond donors (Lipinski definition) is 1. The molecule has 0 aliphatic heterocycles. The first-order valence-electron chi connectivity index (χ1n) is 5.74. The van der Waals surface area contributed by atoms with Gasteiger partial charge in [-0.1, -0.05) is 30.3 Å². The minimum Gasteiger partial charge on any atom is -0.440 e. The summed E-state index contributed by atoms with van der Waals surface area (Å²) in [5.41, 5.74) is 0.691. The van der Waals surface area contributed by atoms with Crippen molar-refractivity contribution in [2.75, 3.05) is 13.7 Å². The lowest BCUT2D eigenvalue weighted by atomic mass is 10.2. The molecule has 1 aromatic rings. The van der Waals surface area contributed by atoms with Crippen molar-refractivity contribution in [3.05, 3.63) is 35.9 Å². The highest BCUT2D eigenvalue weighted by molar-refractivity contribution is 5.68. The van der Waals surface area contributed by atoms with Gasteiger partial charge in [-0.25, -0.2) is 4.79 Å². The third-order valence-electron chi connectivity index (χ3n) is 2.80. The van der Waals surface area contributed by atoms with Crippen LogP contribution in [0.3, 0.4) is 0 Å². The Labute approximate surface area is 101 Å². The number of carbonyl (C=O) groups excluding carboxylic acids is 1. The molecular weight excluding hydrogens is 218 g/mol. The van der Waals surface area contributed by atoms with Gasteiger partial charge in [0.15, 0.2) is 0 Å². The minimum atomic E-state index is -0.372. The summed E-state index contributed by atoms with van der Waals surface area (Å²) in [7, 11) is 1.62. The van der Waals surface area contributed by atoms with Crippen molar-refractivity contribution >= 4 is 6.09 Å². The van der Waals surface area contributed by atoms with Crippen molar-refractivity contribution in [2.24, 2.45) is 0 Å². The van der Waals surface area contributed by atoms with E-state index in [1.165, 1.54) is 0 Å². The molecule has 1 aliphatic carbocycles. The quantitative estimate of drug-likeness (QED) is 0.850. The smallest absolute Gasteiger partial charge is 0.408 e. The fourth-order valence-electron chi connectivity index (χ4n) is 1.68. The van der Waals surface area contributed by atoms with Crippen molar-refractivity contribution in [1.82, 2.24) is 5.32 Å². The van der Waals surface area contributed by atoms with Crippen LogP contribution in [0, 0.1) is 0 Å². The molecule has 0 heterocycles. The zero-order valence-corrected chi connectivity index (χ0v) is 9.94. The van der Waals surface area contributed by atoms with Gasteiger partial charge in [0.05, 0.1) is 6.61 Å². The first-order valence-corrected chi connectivity index (χ1v) is 5.74. The lowest BCUT2D eigenvalue weighted by molar-refractivity contribution is 0.0228. The van der Waals surface area contributed by atoms with Gasteiger partial charge in [0.2, 0.25) is 0 Å². The van der Waals surface area contributed by atoms with Gasteiger partial charge in [-0.2, -0.15) is 0 Å². The van der Waals surface area contributed by atoms with E-state index in [9.17, 15) is 4.79 Å². The molecule has 0 aromatic heterocycles. The predicted molar refractivity (Wildman–Crippen MR) is 63.6 cm³/mol. The van der Waals surface area contributed by atoms with Crippen LogP contribution in [-0.4, -0.2) is 25.4 Å². The largest absolute Gasteiger partial charge is 0.440 e. The van der Waals surface area contributed by atoms with E-state index < -0.39 is 0 Å². The number of ether oxygens (including phenoxy) is 2. The van der Waals surface area contributed by atoms with Crippen LogP contribution >= 0.6 is 0 Å². The molecule has 1 amide bonds. The summed E-state index contributed by atoms with van der Waals surface area (Å²) in [6.45, 7) is 0.967. The summed E-state index contributed by atoms with van der Waals surface area (Å²) in [6.07, 6.45) is 1.41. The van der Waals surface area contributed by atoms with Crippen LogP contribution < -0.4 is 5.32 Å². The molecular formula is C13H17NO3. The molecule has 1 fully saturated rings. The van der Waals surface area contributed by atoms with E-state index in [1.54, 1.807) is 7.11 Å². The Kier molecular flexibility index (Phi) is 3.64. The number of carbonyl (C=O) groups is 1. The molecule has 4 heteroatoms. The van der Waals surface area contributed by atoms with Gasteiger partial charge in [-0.15, -0.1) is 0 Å². The first kappa shape index (κ1) is 11.9. The van der Waals surface area contributed by atoms with Gasteiger partial charge in [0.1, 0.15) is 5.60 Å². The summed E-state index contributed by atoms with van der Waals surface area (Å²) < 4.78 is 10.4. The molecule has 92 valence electrons. The molecule has 1 saturated carbocycles. The van der Waals surface area contributed by atoms with E-state index in [2.05, 4.69) is 5.32 Å². The Hall–Kier alpha value is -1.55. The average Bonchev–Trinajstić information content (AvgIpc) is 3.08. The number of nitrogens with one attached hydrogen (secondary N) is 1. The van der Waals surface area contributed by atoms with Crippen LogP contribution in [-0.2, 0) is 16.0 Å². The maximum absolute atomic E-state index is 11.6. The first-order chi connectivity index (χ1) is 8.24. The molecule has 1 N–H and O–H groups in total. The summed E-state index contributed by atoms with van der Waals surface area (Å²) in [5, 5.41) is 2.74. The van der Waals surface area contributed by atoms with Gasteiger partial charge in [0.25, 0.3) is 0 Å². The molecule has 1 aromatic carbocycles. The summed E-state index contributed by atoms with van der Waals surface area (Å²) in [6, 6.07) is 9.75. The molecule has 0 atom stereocenters. The number of methoxy groups -OCH3 is 1. The second-order valence-corrected chi connectivity index (χ2v) is 4.34. The van der Waals surface area contributed by atoms with Gasteiger partial charge >= 0.3 is 6.09 Å². The van der Waals surface area contributed by atoms with E-state index in [0.717, 1.165) is 18.4 Å². The van der Waals surface area contributed by atoms with Gasteiger partial charge < -0.3 is 14.8 Å². The third kappa shape index (κ3) is 3.46. The van der Waals surface area contributed by atoms with Crippen molar-refractivity contribution in [3.8, 4) is 0 Å². The minimum absolute atomic E-state index is 0.366. The van der Waals surface area contributed by atoms with Crippen molar-refractivity contribution in [3.63, 3.8) is 0 Å². The van der Waals surface area contributed by atoms with E-state index in [0.29, 0.717) is 13.2 Å². The molecule has 4 nitrogen and oxygen atoms in total. The number of benzene rings is 1. The third-order valence-corrected chi connectivity index (χ3v) is 2.80. The number of amides is 1. The molecule has 2 rings (SSSR count). The monoisotopic (exact) mass is 235 g/mol. The van der Waals surface area contributed by atoms with Crippen LogP contribution in [0.5, 0.6) is 0 Å². The fraction of sp³-hybridized carbons (Fsp3) is 0.462. The Balaban J connectivity index is 1.75. The topological polar surface area (TPSA) is 47.6 Å². The fourth-order valence-corrected chi connectivity index (χ4v) is 1.68. The predicted octanol–water partition coefficient (Wildman–Crippen LogP) is 2.09. The van der Waals surface area contributed by atoms with E-state index in [1.807, 2.05) is 30.3 Å². The molecule has 1 aliphatic rings. The maximum atomic E-state index is 11.6. The Morgan fingerprint density at radius 1 is 1.35 bits per heavy atom. The average molecular weight is 235 g/mol. The molecule has 17 heavy (non-hydrogen) atoms. The Bertz CT molecular complexity index is 374. The Morgan fingerprint density at radius 3 is 2.65 bits per heavy atom. The zero-order chi connectivity index (χ0) is 12.1. The summed E-state index contributed by atoms with van der Waals surface area (Å²) in [4.78, 5) is 11.6. The normalized spacial score (nSPS) is 16.3. The molecule has 0 saturated heterocycles. The van der Waals surface area contributed by atoms with Crippen LogP contribution in [0.25, 0.3) is 0 Å². The SMILES string of the molecule is COCC1(OC(=O)NCc2ccccc2)CC1. The molecule has 0 bridgehead atoms. The van der Waals surface area contributed by atoms with Crippen LogP contribution in [0.15, 0.2) is 30.3 Å². The number of hydrogen-bond acceptors (Lipinski definition) is 3. The second-order valence-electron chi connectivity index (χ2n) is 4.34. The standard InChI is InChI=1S/C13H17NO3/c1-16-10-13(7-8-13)17-12(15)14-9-11-5-3-2-4-6-11/h2-6H,7-10H2,1H3,(H,14,15). The van der Waals surface area contributed by atoms with Crippen LogP contribution in [0.1, 0.15) is 18.4 Å². The second kappa shape index (κ2) is 5.19. The zero-order valence-electron chi connectivity index (χ0n) is 9.94. The highest BCUT2D eigenvalue weighted by Gasteiger charge is 2.47.